The van der Waals surface area contributed by atoms with Gasteiger partial charge in [0.05, 0.1) is 7.11 Å². The maximum Gasteiger partial charge on any atom is 0.257 e. The molecule has 0 radical (unpaired) electrons. The zero-order chi connectivity index (χ0) is 15.4. The quantitative estimate of drug-likeness (QED) is 0.882. The largest absolute Gasteiger partial charge is 0.491 e. The van der Waals surface area contributed by atoms with Crippen LogP contribution in [-0.2, 0) is 0 Å². The van der Waals surface area contributed by atoms with Crippen molar-refractivity contribution in [1.82, 2.24) is 10.3 Å². The molecular formula is C17H19BrN2O2. The van der Waals surface area contributed by atoms with E-state index in [-0.39, 0.29) is 6.10 Å². The molecule has 0 saturated carbocycles. The van der Waals surface area contributed by atoms with Crippen LogP contribution in [0.1, 0.15) is 18.1 Å². The first-order valence-corrected chi connectivity index (χ1v) is 8.19. The van der Waals surface area contributed by atoms with E-state index in [0.29, 0.717) is 17.5 Å². The fourth-order valence-electron chi connectivity index (χ4n) is 2.78. The topological polar surface area (TPSA) is 43.4 Å². The molecule has 0 bridgehead atoms. The Labute approximate surface area is 139 Å². The van der Waals surface area contributed by atoms with Crippen LogP contribution in [0.4, 0.5) is 0 Å². The van der Waals surface area contributed by atoms with Gasteiger partial charge in [-0.1, -0.05) is 30.3 Å². The van der Waals surface area contributed by atoms with Crippen LogP contribution < -0.4 is 14.8 Å². The monoisotopic (exact) mass is 362 g/mol. The molecule has 3 rings (SSSR count). The van der Waals surface area contributed by atoms with E-state index in [1.165, 1.54) is 5.56 Å². The number of aromatic nitrogens is 1. The summed E-state index contributed by atoms with van der Waals surface area (Å²) in [5, 5.41) is 3.41. The van der Waals surface area contributed by atoms with Gasteiger partial charge in [0.25, 0.3) is 5.88 Å². The third-order valence-corrected chi connectivity index (χ3v) is 4.33. The lowest BCUT2D eigenvalue weighted by Gasteiger charge is -2.25. The summed E-state index contributed by atoms with van der Waals surface area (Å²) >= 11 is 3.41. The van der Waals surface area contributed by atoms with Gasteiger partial charge in [-0.05, 0) is 34.5 Å². The van der Waals surface area contributed by atoms with E-state index in [4.69, 9.17) is 9.47 Å². The van der Waals surface area contributed by atoms with Crippen LogP contribution in [0.15, 0.2) is 47.1 Å². The molecule has 1 fully saturated rings. The second-order valence-electron chi connectivity index (χ2n) is 5.36. The molecule has 1 aromatic heterocycles. The molecular weight excluding hydrogens is 344 g/mol. The number of methoxy groups -OCH3 is 1. The molecule has 0 aliphatic carbocycles. The van der Waals surface area contributed by atoms with Crippen molar-refractivity contribution in [1.29, 1.82) is 0 Å². The number of nitrogens with one attached hydrogen (secondary N) is 1. The summed E-state index contributed by atoms with van der Waals surface area (Å²) in [5.74, 6) is 1.60. The lowest BCUT2D eigenvalue weighted by atomic mass is 9.95. The predicted molar refractivity (Wildman–Crippen MR) is 89.3 cm³/mol. The summed E-state index contributed by atoms with van der Waals surface area (Å²) in [6.45, 7) is 1.99. The molecule has 1 aromatic carbocycles. The Kier molecular flexibility index (Phi) is 4.95. The van der Waals surface area contributed by atoms with Gasteiger partial charge < -0.3 is 14.8 Å². The van der Waals surface area contributed by atoms with E-state index >= 15 is 0 Å². The number of hydrogen-bond donors (Lipinski definition) is 1. The summed E-state index contributed by atoms with van der Waals surface area (Å²) in [6, 6.07) is 12.2. The van der Waals surface area contributed by atoms with Gasteiger partial charge in [-0.2, -0.15) is 0 Å². The van der Waals surface area contributed by atoms with Crippen molar-refractivity contribution in [2.75, 3.05) is 20.2 Å². The molecule has 0 amide bonds. The van der Waals surface area contributed by atoms with Gasteiger partial charge in [-0.3, -0.25) is 0 Å². The first kappa shape index (κ1) is 15.3. The fourth-order valence-corrected chi connectivity index (χ4v) is 3.09. The molecule has 2 aromatic rings. The van der Waals surface area contributed by atoms with Crippen molar-refractivity contribution in [2.45, 2.75) is 12.5 Å². The molecule has 1 saturated heterocycles. The normalized spacial score (nSPS) is 18.9. The maximum atomic E-state index is 6.26. The van der Waals surface area contributed by atoms with Gasteiger partial charge in [0.1, 0.15) is 6.10 Å². The molecule has 0 unspecified atom stereocenters. The Morgan fingerprint density at radius 3 is 2.82 bits per heavy atom. The van der Waals surface area contributed by atoms with Crippen LogP contribution >= 0.6 is 15.9 Å². The van der Waals surface area contributed by atoms with Crippen LogP contribution in [0.3, 0.4) is 0 Å². The molecule has 5 heteroatoms. The zero-order valence-corrected chi connectivity index (χ0v) is 14.0. The van der Waals surface area contributed by atoms with E-state index in [1.54, 1.807) is 13.3 Å². The van der Waals surface area contributed by atoms with Gasteiger partial charge >= 0.3 is 0 Å². The second kappa shape index (κ2) is 7.11. The standard InChI is InChI=1S/C17H19BrN2O2/c1-21-15-9-14(18)11-20-17(15)22-16(13-7-8-19-10-13)12-5-3-2-4-6-12/h2-6,9,11,13,16,19H,7-8,10H2,1H3/t13-,16-/m1/s1. The SMILES string of the molecule is COc1cc(Br)cnc1O[C@H](c1ccccc1)[C@@H]1CCNC1. The smallest absolute Gasteiger partial charge is 0.257 e. The number of halogens is 1. The molecule has 22 heavy (non-hydrogen) atoms. The molecule has 1 aliphatic rings. The van der Waals surface area contributed by atoms with Crippen LogP contribution in [-0.4, -0.2) is 25.2 Å². The Bertz CT molecular complexity index is 615. The van der Waals surface area contributed by atoms with Gasteiger partial charge in [-0.25, -0.2) is 4.98 Å². The molecule has 2 heterocycles. The summed E-state index contributed by atoms with van der Waals surface area (Å²) in [4.78, 5) is 4.37. The third-order valence-electron chi connectivity index (χ3n) is 3.90. The van der Waals surface area contributed by atoms with E-state index in [1.807, 2.05) is 24.3 Å². The van der Waals surface area contributed by atoms with Gasteiger partial charge in [0, 0.05) is 29.2 Å². The van der Waals surface area contributed by atoms with Crippen molar-refractivity contribution >= 4 is 15.9 Å². The van der Waals surface area contributed by atoms with Crippen molar-refractivity contribution < 1.29 is 9.47 Å². The zero-order valence-electron chi connectivity index (χ0n) is 12.5. The van der Waals surface area contributed by atoms with Crippen molar-refractivity contribution in [3.63, 3.8) is 0 Å². The minimum Gasteiger partial charge on any atom is -0.491 e. The van der Waals surface area contributed by atoms with Gasteiger partial charge in [-0.15, -0.1) is 0 Å². The molecule has 2 atom stereocenters. The average Bonchev–Trinajstić information content (AvgIpc) is 3.08. The number of rotatable bonds is 5. The number of hydrogen-bond acceptors (Lipinski definition) is 4. The highest BCUT2D eigenvalue weighted by molar-refractivity contribution is 9.10. The number of ether oxygens (including phenoxy) is 2. The second-order valence-corrected chi connectivity index (χ2v) is 6.28. The minimum absolute atomic E-state index is 0.0289. The van der Waals surface area contributed by atoms with E-state index in [9.17, 15) is 0 Å². The van der Waals surface area contributed by atoms with Crippen LogP contribution in [0.2, 0.25) is 0 Å². The summed E-state index contributed by atoms with van der Waals surface area (Å²) in [7, 11) is 1.63. The summed E-state index contributed by atoms with van der Waals surface area (Å²) in [5.41, 5.74) is 1.17. The Balaban J connectivity index is 1.90. The Hall–Kier alpha value is -1.59. The molecule has 1 aliphatic heterocycles. The van der Waals surface area contributed by atoms with E-state index in [0.717, 1.165) is 24.0 Å². The number of pyridine rings is 1. The van der Waals surface area contributed by atoms with Crippen molar-refractivity contribution in [3.8, 4) is 11.6 Å². The third kappa shape index (κ3) is 3.42. The van der Waals surface area contributed by atoms with Gasteiger partial charge in [0.15, 0.2) is 5.75 Å². The van der Waals surface area contributed by atoms with Crippen molar-refractivity contribution in [3.05, 3.63) is 52.6 Å². The molecule has 116 valence electrons. The Morgan fingerprint density at radius 1 is 1.32 bits per heavy atom. The lowest BCUT2D eigenvalue weighted by Crippen LogP contribution is -2.22. The lowest BCUT2D eigenvalue weighted by molar-refractivity contribution is 0.132. The van der Waals surface area contributed by atoms with Crippen molar-refractivity contribution in [2.24, 2.45) is 5.92 Å². The predicted octanol–water partition coefficient (Wildman–Crippen LogP) is 3.58. The average molecular weight is 363 g/mol. The highest BCUT2D eigenvalue weighted by Gasteiger charge is 2.29. The molecule has 0 spiro atoms. The highest BCUT2D eigenvalue weighted by atomic mass is 79.9. The number of nitrogens with zero attached hydrogens (tertiary/aromatic N) is 1. The minimum atomic E-state index is -0.0289. The Morgan fingerprint density at radius 2 is 2.14 bits per heavy atom. The first-order chi connectivity index (χ1) is 10.8. The summed E-state index contributed by atoms with van der Waals surface area (Å²) < 4.78 is 12.5. The first-order valence-electron chi connectivity index (χ1n) is 7.40. The van der Waals surface area contributed by atoms with Gasteiger partial charge in [0.2, 0.25) is 0 Å². The number of benzene rings is 1. The van der Waals surface area contributed by atoms with Crippen LogP contribution in [0, 0.1) is 5.92 Å². The molecule has 4 nitrogen and oxygen atoms in total. The van der Waals surface area contributed by atoms with Crippen LogP contribution in [0.25, 0.3) is 0 Å². The van der Waals surface area contributed by atoms with Crippen LogP contribution in [0.5, 0.6) is 11.6 Å². The maximum absolute atomic E-state index is 6.26. The fraction of sp³-hybridized carbons (Fsp3) is 0.353. The van der Waals surface area contributed by atoms with E-state index < -0.39 is 0 Å². The summed E-state index contributed by atoms with van der Waals surface area (Å²) in [6.07, 6.45) is 2.80. The van der Waals surface area contributed by atoms with E-state index in [2.05, 4.69) is 38.4 Å². The highest BCUT2D eigenvalue weighted by Crippen LogP contribution is 2.35. The molecule has 1 N–H and O–H groups in total.